The predicted octanol–water partition coefficient (Wildman–Crippen LogP) is 4.64. The topological polar surface area (TPSA) is 94.9 Å². The summed E-state index contributed by atoms with van der Waals surface area (Å²) in [7, 11) is 1.61. The summed E-state index contributed by atoms with van der Waals surface area (Å²) >= 11 is 0. The van der Waals surface area contributed by atoms with Crippen LogP contribution in [0.1, 0.15) is 50.7 Å². The Balaban J connectivity index is 1.57. The first kappa shape index (κ1) is 26.1. The van der Waals surface area contributed by atoms with Crippen molar-refractivity contribution in [2.75, 3.05) is 32.3 Å². The molecule has 3 aromatic rings. The first-order valence-electron chi connectivity index (χ1n) is 12.3. The maximum atomic E-state index is 13.4. The Kier molecular flexibility index (Phi) is 7.42. The van der Waals surface area contributed by atoms with E-state index in [0.29, 0.717) is 29.4 Å². The number of hydrogen-bond donors (Lipinski definition) is 1. The van der Waals surface area contributed by atoms with Crippen LogP contribution in [-0.2, 0) is 10.2 Å². The van der Waals surface area contributed by atoms with Crippen LogP contribution in [0.15, 0.2) is 48.5 Å². The summed E-state index contributed by atoms with van der Waals surface area (Å²) in [5, 5.41) is 7.73. The number of ether oxygens (including phenoxy) is 3. The third kappa shape index (κ3) is 6.04. The zero-order valence-corrected chi connectivity index (χ0v) is 22.2. The Morgan fingerprint density at radius 2 is 1.78 bits per heavy atom. The number of rotatable bonds is 8. The average molecular weight is 507 g/mol. The molecule has 0 radical (unpaired) electrons. The molecule has 2 amide bonds. The van der Waals surface area contributed by atoms with Crippen molar-refractivity contribution in [1.82, 2.24) is 14.7 Å². The lowest BCUT2D eigenvalue weighted by molar-refractivity contribution is -0.117. The Morgan fingerprint density at radius 3 is 2.43 bits per heavy atom. The Bertz CT molecular complexity index is 1270. The number of benzene rings is 2. The summed E-state index contributed by atoms with van der Waals surface area (Å²) in [6, 6.07) is 14.4. The number of amides is 2. The monoisotopic (exact) mass is 506 g/mol. The highest BCUT2D eigenvalue weighted by Gasteiger charge is 2.25. The minimum Gasteiger partial charge on any atom is -0.497 e. The smallest absolute Gasteiger partial charge is 0.254 e. The molecule has 196 valence electrons. The van der Waals surface area contributed by atoms with Crippen LogP contribution in [0, 0.1) is 5.92 Å². The third-order valence-corrected chi connectivity index (χ3v) is 5.89. The number of nitrogens with one attached hydrogen (secondary N) is 1. The molecule has 2 aromatic carbocycles. The van der Waals surface area contributed by atoms with Gasteiger partial charge in [0, 0.05) is 23.6 Å². The van der Waals surface area contributed by atoms with Gasteiger partial charge in [0.1, 0.15) is 18.1 Å². The van der Waals surface area contributed by atoms with Crippen molar-refractivity contribution >= 4 is 17.6 Å². The number of anilines is 1. The van der Waals surface area contributed by atoms with Crippen LogP contribution in [-0.4, -0.2) is 53.5 Å². The van der Waals surface area contributed by atoms with Gasteiger partial charge in [-0.3, -0.25) is 9.59 Å². The molecule has 0 unspecified atom stereocenters. The van der Waals surface area contributed by atoms with Gasteiger partial charge in [-0.25, -0.2) is 4.68 Å². The molecule has 0 fully saturated rings. The van der Waals surface area contributed by atoms with Gasteiger partial charge in [0.05, 0.1) is 18.5 Å². The maximum absolute atomic E-state index is 13.4. The number of carbonyl (C=O) groups is 2. The number of methoxy groups -OCH3 is 1. The lowest BCUT2D eigenvalue weighted by Gasteiger charge is -2.24. The molecule has 1 aliphatic heterocycles. The minimum atomic E-state index is -0.315. The fourth-order valence-electron chi connectivity index (χ4n) is 3.98. The largest absolute Gasteiger partial charge is 0.497 e. The molecule has 4 rings (SSSR count). The zero-order chi connectivity index (χ0) is 26.7. The van der Waals surface area contributed by atoms with Crippen LogP contribution >= 0.6 is 0 Å². The molecule has 0 atom stereocenters. The number of aromatic nitrogens is 2. The quantitative estimate of drug-likeness (QED) is 0.478. The third-order valence-electron chi connectivity index (χ3n) is 5.89. The number of hydrogen-bond acceptors (Lipinski definition) is 6. The molecule has 0 aliphatic carbocycles. The summed E-state index contributed by atoms with van der Waals surface area (Å²) in [6.45, 7) is 10.6. The van der Waals surface area contributed by atoms with Crippen LogP contribution in [0.2, 0.25) is 0 Å². The molecule has 1 aliphatic rings. The molecule has 9 heteroatoms. The fourth-order valence-corrected chi connectivity index (χ4v) is 3.98. The van der Waals surface area contributed by atoms with E-state index in [9.17, 15) is 9.59 Å². The van der Waals surface area contributed by atoms with E-state index in [1.807, 2.05) is 44.2 Å². The Morgan fingerprint density at radius 1 is 1.08 bits per heavy atom. The summed E-state index contributed by atoms with van der Waals surface area (Å²) in [5.74, 6) is 1.99. The van der Waals surface area contributed by atoms with E-state index < -0.39 is 0 Å². The van der Waals surface area contributed by atoms with E-state index in [1.54, 1.807) is 34.9 Å². The Labute approximate surface area is 217 Å². The van der Waals surface area contributed by atoms with Crippen LogP contribution < -0.4 is 19.5 Å². The van der Waals surface area contributed by atoms with Gasteiger partial charge in [-0.2, -0.15) is 5.10 Å². The van der Waals surface area contributed by atoms with E-state index >= 15 is 0 Å². The molecule has 1 N–H and O–H groups in total. The zero-order valence-electron chi connectivity index (χ0n) is 22.2. The average Bonchev–Trinajstić information content (AvgIpc) is 3.49. The van der Waals surface area contributed by atoms with Gasteiger partial charge >= 0.3 is 0 Å². The fraction of sp³-hybridized carbons (Fsp3) is 0.393. The van der Waals surface area contributed by atoms with E-state index in [2.05, 4.69) is 26.1 Å². The maximum Gasteiger partial charge on any atom is 0.254 e. The lowest BCUT2D eigenvalue weighted by atomic mass is 9.92. The number of nitrogens with zero attached hydrogens (tertiary/aromatic N) is 3. The molecule has 0 spiro atoms. The molecule has 9 nitrogen and oxygen atoms in total. The van der Waals surface area contributed by atoms with Crippen molar-refractivity contribution in [3.05, 3.63) is 59.8 Å². The standard InChI is InChI=1S/C28H34N4O5/c1-18(2)15-31(27(34)19-7-12-22-23(13-19)37-17-36-22)16-26(33)29-25-14-24(28(3,4)5)30-32(25)20-8-10-21(35-6)11-9-20/h7-14,18H,15-17H2,1-6H3,(H,29,33). The van der Waals surface area contributed by atoms with E-state index in [1.165, 1.54) is 0 Å². The van der Waals surface area contributed by atoms with E-state index in [4.69, 9.17) is 19.3 Å². The van der Waals surface area contributed by atoms with Crippen molar-refractivity contribution in [3.63, 3.8) is 0 Å². The lowest BCUT2D eigenvalue weighted by Crippen LogP contribution is -2.40. The summed E-state index contributed by atoms with van der Waals surface area (Å²) in [4.78, 5) is 28.2. The first-order chi connectivity index (χ1) is 17.5. The van der Waals surface area contributed by atoms with Crippen molar-refractivity contribution < 1.29 is 23.8 Å². The summed E-state index contributed by atoms with van der Waals surface area (Å²) < 4.78 is 17.7. The highest BCUT2D eigenvalue weighted by molar-refractivity contribution is 5.99. The number of carbonyl (C=O) groups excluding carboxylic acids is 2. The van der Waals surface area contributed by atoms with Crippen LogP contribution in [0.4, 0.5) is 5.82 Å². The van der Waals surface area contributed by atoms with Gasteiger partial charge < -0.3 is 24.4 Å². The van der Waals surface area contributed by atoms with Gasteiger partial charge in [-0.1, -0.05) is 34.6 Å². The van der Waals surface area contributed by atoms with Crippen LogP contribution in [0.5, 0.6) is 17.2 Å². The second-order valence-corrected chi connectivity index (χ2v) is 10.5. The van der Waals surface area contributed by atoms with Crippen molar-refractivity contribution in [1.29, 1.82) is 0 Å². The van der Waals surface area contributed by atoms with Gasteiger partial charge in [0.15, 0.2) is 11.5 Å². The molecule has 0 saturated carbocycles. The molecular formula is C28H34N4O5. The molecular weight excluding hydrogens is 472 g/mol. The van der Waals surface area contributed by atoms with Gasteiger partial charge in [0.2, 0.25) is 12.7 Å². The van der Waals surface area contributed by atoms with Crippen molar-refractivity contribution in [2.45, 2.75) is 40.0 Å². The van der Waals surface area contributed by atoms with Crippen molar-refractivity contribution in [3.8, 4) is 22.9 Å². The molecule has 1 aromatic heterocycles. The molecule has 0 saturated heterocycles. The second-order valence-electron chi connectivity index (χ2n) is 10.5. The summed E-state index contributed by atoms with van der Waals surface area (Å²) in [5.41, 5.74) is 1.82. The molecule has 0 bridgehead atoms. The van der Waals surface area contributed by atoms with Gasteiger partial charge in [-0.05, 0) is 48.4 Å². The highest BCUT2D eigenvalue weighted by Crippen LogP contribution is 2.33. The molecule has 2 heterocycles. The predicted molar refractivity (Wildman–Crippen MR) is 141 cm³/mol. The second kappa shape index (κ2) is 10.5. The van der Waals surface area contributed by atoms with Crippen molar-refractivity contribution in [2.24, 2.45) is 5.92 Å². The van der Waals surface area contributed by atoms with Gasteiger partial charge in [0.25, 0.3) is 5.91 Å². The van der Waals surface area contributed by atoms with Crippen LogP contribution in [0.25, 0.3) is 5.69 Å². The highest BCUT2D eigenvalue weighted by atomic mass is 16.7. The van der Waals surface area contributed by atoms with E-state index in [-0.39, 0.29) is 36.5 Å². The Hall–Kier alpha value is -4.01. The molecule has 37 heavy (non-hydrogen) atoms. The summed E-state index contributed by atoms with van der Waals surface area (Å²) in [6.07, 6.45) is 0. The van der Waals surface area contributed by atoms with E-state index in [0.717, 1.165) is 17.1 Å². The van der Waals surface area contributed by atoms with Gasteiger partial charge in [-0.15, -0.1) is 0 Å². The van der Waals surface area contributed by atoms with Crippen LogP contribution in [0.3, 0.4) is 0 Å². The number of fused-ring (bicyclic) bond motifs is 1. The first-order valence-corrected chi connectivity index (χ1v) is 12.3. The minimum absolute atomic E-state index is 0.107. The SMILES string of the molecule is COc1ccc(-n2nc(C(C)(C)C)cc2NC(=O)CN(CC(C)C)C(=O)c2ccc3c(c2)OCO3)cc1. The normalized spacial score (nSPS) is 12.5.